The van der Waals surface area contributed by atoms with Gasteiger partial charge >= 0.3 is 6.18 Å². The Morgan fingerprint density at radius 2 is 1.76 bits per heavy atom. The Morgan fingerprint density at radius 1 is 0.939 bits per heavy atom. The summed E-state index contributed by atoms with van der Waals surface area (Å²) in [6.45, 7) is 2.88. The van der Waals surface area contributed by atoms with E-state index in [9.17, 15) is 13.2 Å². The summed E-state index contributed by atoms with van der Waals surface area (Å²) in [5.74, 6) is 0.999. The molecule has 1 atom stereocenters. The molecule has 2 heterocycles. The second kappa shape index (κ2) is 9.98. The van der Waals surface area contributed by atoms with Crippen LogP contribution in [-0.2, 0) is 6.18 Å². The molecule has 1 N–H and O–H groups in total. The fraction of sp³-hybridized carbons (Fsp3) is 0.269. The maximum Gasteiger partial charge on any atom is 0.418 e. The summed E-state index contributed by atoms with van der Waals surface area (Å²) in [5.41, 5.74) is 1.33. The number of anilines is 1. The quantitative estimate of drug-likeness (QED) is 0.311. The Bertz CT molecular complexity index is 1210. The molecule has 2 aromatic carbocycles. The normalized spacial score (nSPS) is 12.6. The van der Waals surface area contributed by atoms with Crippen LogP contribution in [-0.4, -0.2) is 21.5 Å². The van der Waals surface area contributed by atoms with Crippen LogP contribution in [0.4, 0.5) is 19.0 Å². The first-order valence-corrected chi connectivity index (χ1v) is 11.0. The van der Waals surface area contributed by atoms with Crippen LogP contribution in [0.15, 0.2) is 73.2 Å². The van der Waals surface area contributed by atoms with Crippen LogP contribution in [0.25, 0.3) is 22.2 Å². The lowest BCUT2D eigenvalue weighted by atomic mass is 9.93. The molecule has 0 fully saturated rings. The highest BCUT2D eigenvalue weighted by atomic mass is 19.4. The predicted molar refractivity (Wildman–Crippen MR) is 125 cm³/mol. The molecule has 33 heavy (non-hydrogen) atoms. The number of pyridine rings is 1. The van der Waals surface area contributed by atoms with Crippen molar-refractivity contribution in [1.29, 1.82) is 0 Å². The molecule has 0 aliphatic carbocycles. The molecule has 0 bridgehead atoms. The van der Waals surface area contributed by atoms with Gasteiger partial charge in [-0.1, -0.05) is 56.2 Å². The molecule has 0 amide bonds. The van der Waals surface area contributed by atoms with E-state index in [2.05, 4.69) is 39.3 Å². The van der Waals surface area contributed by atoms with Gasteiger partial charge in [-0.2, -0.15) is 13.2 Å². The number of nitrogens with one attached hydrogen (secondary N) is 1. The SMILES string of the molecule is CCCCC(CNc1ncnc2cc(-c3ncccc3C(F)(F)F)ccc12)c1ccccc1. The highest BCUT2D eigenvalue weighted by Crippen LogP contribution is 2.36. The Labute approximate surface area is 190 Å². The van der Waals surface area contributed by atoms with E-state index in [1.165, 1.54) is 24.2 Å². The van der Waals surface area contributed by atoms with Crippen LogP contribution < -0.4 is 5.32 Å². The van der Waals surface area contributed by atoms with E-state index in [0.29, 0.717) is 29.4 Å². The minimum absolute atomic E-state index is 0.108. The Hall–Kier alpha value is -3.48. The van der Waals surface area contributed by atoms with Gasteiger partial charge in [0, 0.05) is 29.6 Å². The van der Waals surface area contributed by atoms with Gasteiger partial charge in [0.15, 0.2) is 0 Å². The minimum atomic E-state index is -4.48. The number of unbranched alkanes of at least 4 members (excludes halogenated alkanes) is 1. The molecular weight excluding hydrogens is 425 g/mol. The number of nitrogens with zero attached hydrogens (tertiary/aromatic N) is 3. The zero-order valence-corrected chi connectivity index (χ0v) is 18.3. The first-order chi connectivity index (χ1) is 16.0. The number of benzene rings is 2. The van der Waals surface area contributed by atoms with Crippen molar-refractivity contribution >= 4 is 16.7 Å². The van der Waals surface area contributed by atoms with E-state index in [-0.39, 0.29) is 5.69 Å². The topological polar surface area (TPSA) is 50.7 Å². The summed E-state index contributed by atoms with van der Waals surface area (Å²) < 4.78 is 40.3. The number of aromatic nitrogens is 3. The molecule has 4 aromatic rings. The van der Waals surface area contributed by atoms with Gasteiger partial charge in [-0.15, -0.1) is 0 Å². The van der Waals surface area contributed by atoms with Crippen molar-refractivity contribution in [2.45, 2.75) is 38.3 Å². The third-order valence-corrected chi connectivity index (χ3v) is 5.72. The molecule has 4 nitrogen and oxygen atoms in total. The van der Waals surface area contributed by atoms with E-state index < -0.39 is 11.7 Å². The lowest BCUT2D eigenvalue weighted by molar-refractivity contribution is -0.137. The summed E-state index contributed by atoms with van der Waals surface area (Å²) in [7, 11) is 0. The molecule has 0 aliphatic rings. The smallest absolute Gasteiger partial charge is 0.369 e. The fourth-order valence-corrected chi connectivity index (χ4v) is 3.99. The Kier molecular flexibility index (Phi) is 6.87. The molecule has 0 radical (unpaired) electrons. The lowest BCUT2D eigenvalue weighted by Gasteiger charge is -2.19. The number of fused-ring (bicyclic) bond motifs is 1. The van der Waals surface area contributed by atoms with Crippen molar-refractivity contribution in [2.24, 2.45) is 0 Å². The van der Waals surface area contributed by atoms with E-state index >= 15 is 0 Å². The average molecular weight is 451 g/mol. The van der Waals surface area contributed by atoms with Crippen LogP contribution in [0.2, 0.25) is 0 Å². The van der Waals surface area contributed by atoms with E-state index in [4.69, 9.17) is 0 Å². The van der Waals surface area contributed by atoms with E-state index in [1.54, 1.807) is 18.2 Å². The van der Waals surface area contributed by atoms with Crippen molar-refractivity contribution in [2.75, 3.05) is 11.9 Å². The summed E-state index contributed by atoms with van der Waals surface area (Å²) in [6, 6.07) is 17.7. The predicted octanol–water partition coefficient (Wildman–Crippen LogP) is 7.10. The van der Waals surface area contributed by atoms with Crippen molar-refractivity contribution in [1.82, 2.24) is 15.0 Å². The third kappa shape index (κ3) is 5.30. The average Bonchev–Trinajstić information content (AvgIpc) is 2.84. The number of alkyl halides is 3. The summed E-state index contributed by atoms with van der Waals surface area (Å²) in [5, 5.41) is 4.20. The number of hydrogen-bond donors (Lipinski definition) is 1. The second-order valence-corrected chi connectivity index (χ2v) is 7.98. The van der Waals surface area contributed by atoms with Crippen LogP contribution in [0, 0.1) is 0 Å². The first kappa shape index (κ1) is 22.7. The molecule has 1 unspecified atom stereocenters. The lowest BCUT2D eigenvalue weighted by Crippen LogP contribution is -2.14. The summed E-state index contributed by atoms with van der Waals surface area (Å²) >= 11 is 0. The van der Waals surface area contributed by atoms with Crippen LogP contribution in [0.3, 0.4) is 0 Å². The minimum Gasteiger partial charge on any atom is -0.369 e. The van der Waals surface area contributed by atoms with Crippen LogP contribution in [0.1, 0.15) is 43.2 Å². The highest BCUT2D eigenvalue weighted by Gasteiger charge is 2.34. The van der Waals surface area contributed by atoms with Crippen LogP contribution >= 0.6 is 0 Å². The summed E-state index contributed by atoms with van der Waals surface area (Å²) in [4.78, 5) is 12.7. The molecular formula is C26H25F3N4. The highest BCUT2D eigenvalue weighted by molar-refractivity contribution is 5.91. The molecule has 0 saturated carbocycles. The van der Waals surface area contributed by atoms with Crippen molar-refractivity contribution in [3.05, 3.63) is 84.3 Å². The van der Waals surface area contributed by atoms with Gasteiger partial charge < -0.3 is 5.32 Å². The van der Waals surface area contributed by atoms with E-state index in [1.807, 2.05) is 18.2 Å². The van der Waals surface area contributed by atoms with Crippen LogP contribution in [0.5, 0.6) is 0 Å². The Balaban J connectivity index is 1.62. The fourth-order valence-electron chi connectivity index (χ4n) is 3.99. The van der Waals surface area contributed by atoms with E-state index in [0.717, 1.165) is 30.7 Å². The second-order valence-electron chi connectivity index (χ2n) is 7.98. The van der Waals surface area contributed by atoms with Crippen molar-refractivity contribution in [3.63, 3.8) is 0 Å². The van der Waals surface area contributed by atoms with Gasteiger partial charge in [0.25, 0.3) is 0 Å². The zero-order chi connectivity index (χ0) is 23.3. The largest absolute Gasteiger partial charge is 0.418 e. The maximum atomic E-state index is 13.4. The first-order valence-electron chi connectivity index (χ1n) is 11.0. The molecule has 170 valence electrons. The number of rotatable bonds is 8. The summed E-state index contributed by atoms with van der Waals surface area (Å²) in [6.07, 6.45) is 1.61. The Morgan fingerprint density at radius 3 is 2.52 bits per heavy atom. The molecule has 0 saturated heterocycles. The standard InChI is InChI=1S/C26H25F3N4/c1-2-3-8-20(18-9-5-4-6-10-18)16-31-25-21-13-12-19(15-23(21)32-17-33-25)24-22(26(27,28)29)11-7-14-30-24/h4-7,9-15,17,20H,2-3,8,16H2,1H3,(H,31,32,33). The van der Waals surface area contributed by atoms with Crippen molar-refractivity contribution in [3.8, 4) is 11.3 Å². The van der Waals surface area contributed by atoms with Gasteiger partial charge in [0.1, 0.15) is 12.1 Å². The third-order valence-electron chi connectivity index (χ3n) is 5.72. The zero-order valence-electron chi connectivity index (χ0n) is 18.3. The maximum absolute atomic E-state index is 13.4. The number of halogens is 3. The molecule has 4 rings (SSSR count). The van der Waals surface area contributed by atoms with Gasteiger partial charge in [0.05, 0.1) is 16.8 Å². The molecule has 7 heteroatoms. The molecule has 2 aromatic heterocycles. The van der Waals surface area contributed by atoms with Gasteiger partial charge in [-0.05, 0) is 36.2 Å². The monoisotopic (exact) mass is 450 g/mol. The van der Waals surface area contributed by atoms with Gasteiger partial charge in [-0.25, -0.2) is 9.97 Å². The molecule has 0 spiro atoms. The van der Waals surface area contributed by atoms with Gasteiger partial charge in [-0.3, -0.25) is 4.98 Å². The van der Waals surface area contributed by atoms with Gasteiger partial charge in [0.2, 0.25) is 0 Å². The number of hydrogen-bond acceptors (Lipinski definition) is 4. The van der Waals surface area contributed by atoms with Crippen molar-refractivity contribution < 1.29 is 13.2 Å². The molecule has 0 aliphatic heterocycles.